The Morgan fingerprint density at radius 3 is 2.97 bits per heavy atom. The second kappa shape index (κ2) is 8.50. The van der Waals surface area contributed by atoms with Crippen molar-refractivity contribution in [2.24, 2.45) is 0 Å². The van der Waals surface area contributed by atoms with Crippen LogP contribution in [0.2, 0.25) is 5.02 Å². The normalized spacial score (nSPS) is 15.0. The first-order valence-corrected chi connectivity index (χ1v) is 9.59. The number of nitrogens with zero attached hydrogens (tertiary/aromatic N) is 3. The van der Waals surface area contributed by atoms with Crippen molar-refractivity contribution in [3.63, 3.8) is 0 Å². The summed E-state index contributed by atoms with van der Waals surface area (Å²) in [5, 5.41) is 10.6. The zero-order valence-electron chi connectivity index (χ0n) is 16.4. The Morgan fingerprint density at radius 2 is 2.17 bits per heavy atom. The van der Waals surface area contributed by atoms with Crippen LogP contribution in [0.15, 0.2) is 42.7 Å². The summed E-state index contributed by atoms with van der Waals surface area (Å²) in [7, 11) is 3.05. The van der Waals surface area contributed by atoms with Gasteiger partial charge >= 0.3 is 6.03 Å². The van der Waals surface area contributed by atoms with Crippen molar-refractivity contribution < 1.29 is 19.0 Å². The highest BCUT2D eigenvalue weighted by molar-refractivity contribution is 6.32. The van der Waals surface area contributed by atoms with Crippen LogP contribution in [0.25, 0.3) is 5.69 Å². The van der Waals surface area contributed by atoms with Gasteiger partial charge in [-0.2, -0.15) is 0 Å². The predicted octanol–water partition coefficient (Wildman–Crippen LogP) is 3.58. The van der Waals surface area contributed by atoms with E-state index in [0.29, 0.717) is 46.9 Å². The Balaban J connectivity index is 1.45. The molecule has 2 amide bonds. The summed E-state index contributed by atoms with van der Waals surface area (Å²) < 4.78 is 17.6. The molecular formula is C20H20ClN5O4. The van der Waals surface area contributed by atoms with E-state index in [2.05, 4.69) is 20.7 Å². The Bertz CT molecular complexity index is 1070. The summed E-state index contributed by atoms with van der Waals surface area (Å²) >= 11 is 6.19. The fourth-order valence-corrected chi connectivity index (χ4v) is 3.46. The first kappa shape index (κ1) is 19.8. The maximum absolute atomic E-state index is 12.5. The van der Waals surface area contributed by atoms with Gasteiger partial charge in [-0.1, -0.05) is 23.7 Å². The number of urea groups is 1. The fourth-order valence-electron chi connectivity index (χ4n) is 3.23. The highest BCUT2D eigenvalue weighted by Crippen LogP contribution is 2.37. The van der Waals surface area contributed by atoms with Crippen molar-refractivity contribution in [1.82, 2.24) is 20.1 Å². The lowest BCUT2D eigenvalue weighted by molar-refractivity contribution is 0.232. The molecule has 0 saturated heterocycles. The Morgan fingerprint density at radius 1 is 1.30 bits per heavy atom. The lowest BCUT2D eigenvalue weighted by Gasteiger charge is -2.27. The third-order valence-electron chi connectivity index (χ3n) is 4.64. The van der Waals surface area contributed by atoms with Crippen LogP contribution >= 0.6 is 11.6 Å². The molecule has 3 aromatic rings. The van der Waals surface area contributed by atoms with E-state index >= 15 is 0 Å². The lowest BCUT2D eigenvalue weighted by Crippen LogP contribution is -2.35. The molecule has 2 aromatic heterocycles. The molecule has 0 radical (unpaired) electrons. The third-order valence-corrected chi connectivity index (χ3v) is 4.94. The number of halogens is 1. The average molecular weight is 430 g/mol. The number of aromatic nitrogens is 3. The molecule has 2 N–H and O–H groups in total. The monoisotopic (exact) mass is 429 g/mol. The van der Waals surface area contributed by atoms with Crippen molar-refractivity contribution in [3.05, 3.63) is 53.3 Å². The van der Waals surface area contributed by atoms with Gasteiger partial charge in [-0.05, 0) is 6.07 Å². The second-order valence-electron chi connectivity index (χ2n) is 6.50. The average Bonchev–Trinajstić information content (AvgIpc) is 3.22. The van der Waals surface area contributed by atoms with E-state index in [4.69, 9.17) is 25.8 Å². The van der Waals surface area contributed by atoms with Gasteiger partial charge in [-0.25, -0.2) is 14.5 Å². The first-order chi connectivity index (χ1) is 14.6. The number of rotatable bonds is 5. The number of methoxy groups -OCH3 is 2. The number of ether oxygens (including phenoxy) is 3. The summed E-state index contributed by atoms with van der Waals surface area (Å²) in [4.78, 5) is 16.7. The van der Waals surface area contributed by atoms with Crippen LogP contribution in [0.1, 0.15) is 18.0 Å². The van der Waals surface area contributed by atoms with Crippen molar-refractivity contribution >= 4 is 23.4 Å². The number of hydrogen-bond donors (Lipinski definition) is 2. The van der Waals surface area contributed by atoms with Gasteiger partial charge in [0.2, 0.25) is 0 Å². The number of nitrogens with one attached hydrogen (secondary N) is 2. The van der Waals surface area contributed by atoms with Crippen LogP contribution in [-0.2, 0) is 0 Å². The van der Waals surface area contributed by atoms with E-state index in [-0.39, 0.29) is 12.1 Å². The van der Waals surface area contributed by atoms with Crippen molar-refractivity contribution in [2.75, 3.05) is 26.1 Å². The van der Waals surface area contributed by atoms with Crippen molar-refractivity contribution in [1.29, 1.82) is 0 Å². The largest absolute Gasteiger partial charge is 0.492 e. The molecule has 10 heteroatoms. The number of para-hydroxylation sites is 1. The summed E-state index contributed by atoms with van der Waals surface area (Å²) in [6.45, 7) is 0.475. The van der Waals surface area contributed by atoms with Gasteiger partial charge in [0.15, 0.2) is 11.6 Å². The predicted molar refractivity (Wildman–Crippen MR) is 111 cm³/mol. The molecule has 1 atom stereocenters. The SMILES string of the molecule is COc1cc(-n2ccc(NC(=O)N[C@H]3CCOc4c(Cl)cccc43)n2)cnc1OC. The van der Waals surface area contributed by atoms with E-state index in [0.717, 1.165) is 5.56 Å². The van der Waals surface area contributed by atoms with Gasteiger partial charge in [-0.15, -0.1) is 5.10 Å². The molecule has 0 spiro atoms. The molecule has 0 fully saturated rings. The van der Waals surface area contributed by atoms with E-state index in [1.54, 1.807) is 35.3 Å². The summed E-state index contributed by atoms with van der Waals surface area (Å²) in [5.41, 5.74) is 1.51. The lowest BCUT2D eigenvalue weighted by atomic mass is 10.0. The van der Waals surface area contributed by atoms with E-state index in [9.17, 15) is 4.79 Å². The van der Waals surface area contributed by atoms with Crippen LogP contribution in [0, 0.1) is 0 Å². The Hall–Kier alpha value is -3.46. The smallest absolute Gasteiger partial charge is 0.320 e. The molecule has 0 bridgehead atoms. The van der Waals surface area contributed by atoms with E-state index in [1.807, 2.05) is 12.1 Å². The molecule has 0 aliphatic carbocycles. The minimum Gasteiger partial charge on any atom is -0.492 e. The van der Waals surface area contributed by atoms with Crippen LogP contribution in [0.5, 0.6) is 17.4 Å². The summed E-state index contributed by atoms with van der Waals surface area (Å²) in [5.74, 6) is 1.86. The van der Waals surface area contributed by atoms with Gasteiger partial charge in [-0.3, -0.25) is 5.32 Å². The van der Waals surface area contributed by atoms with E-state index in [1.165, 1.54) is 14.2 Å². The highest BCUT2D eigenvalue weighted by atomic mass is 35.5. The van der Waals surface area contributed by atoms with Gasteiger partial charge in [0.1, 0.15) is 5.75 Å². The standard InChI is InChI=1S/C20H20ClN5O4/c1-28-16-10-12(11-22-19(16)29-2)26-8-6-17(25-26)24-20(27)23-15-7-9-30-18-13(15)4-3-5-14(18)21/h3-6,8,10-11,15H,7,9H2,1-2H3,(H2,23,24,25,27)/t15-/m0/s1. The van der Waals surface area contributed by atoms with Gasteiger partial charge < -0.3 is 19.5 Å². The molecule has 1 aliphatic heterocycles. The topological polar surface area (TPSA) is 99.5 Å². The first-order valence-electron chi connectivity index (χ1n) is 9.22. The quantitative estimate of drug-likeness (QED) is 0.643. The molecule has 156 valence electrons. The third kappa shape index (κ3) is 3.97. The fraction of sp³-hybridized carbons (Fsp3) is 0.250. The molecular weight excluding hydrogens is 410 g/mol. The summed E-state index contributed by atoms with van der Waals surface area (Å²) in [6.07, 6.45) is 3.95. The van der Waals surface area contributed by atoms with Crippen LogP contribution in [-0.4, -0.2) is 41.6 Å². The maximum Gasteiger partial charge on any atom is 0.320 e. The van der Waals surface area contributed by atoms with Gasteiger partial charge in [0.25, 0.3) is 5.88 Å². The number of hydrogen-bond acceptors (Lipinski definition) is 6. The number of amides is 2. The maximum atomic E-state index is 12.5. The molecule has 0 saturated carbocycles. The van der Waals surface area contributed by atoms with Crippen LogP contribution in [0.3, 0.4) is 0 Å². The molecule has 0 unspecified atom stereocenters. The number of carbonyl (C=O) groups is 1. The zero-order chi connectivity index (χ0) is 21.1. The number of benzene rings is 1. The summed E-state index contributed by atoms with van der Waals surface area (Å²) in [6, 6.07) is 8.34. The van der Waals surface area contributed by atoms with Gasteiger partial charge in [0, 0.05) is 30.3 Å². The molecule has 30 heavy (non-hydrogen) atoms. The van der Waals surface area contributed by atoms with Crippen molar-refractivity contribution in [2.45, 2.75) is 12.5 Å². The highest BCUT2D eigenvalue weighted by Gasteiger charge is 2.25. The van der Waals surface area contributed by atoms with Gasteiger partial charge in [0.05, 0.1) is 43.8 Å². The number of pyridine rings is 1. The van der Waals surface area contributed by atoms with E-state index < -0.39 is 0 Å². The molecule has 4 rings (SSSR count). The number of carbonyl (C=O) groups excluding carboxylic acids is 1. The molecule has 9 nitrogen and oxygen atoms in total. The van der Waals surface area contributed by atoms with Crippen LogP contribution < -0.4 is 24.8 Å². The number of anilines is 1. The van der Waals surface area contributed by atoms with Crippen molar-refractivity contribution in [3.8, 4) is 23.1 Å². The Labute approximate surface area is 177 Å². The number of fused-ring (bicyclic) bond motifs is 1. The molecule has 1 aromatic carbocycles. The molecule has 3 heterocycles. The Kier molecular flexibility index (Phi) is 5.62. The minimum absolute atomic E-state index is 0.204. The zero-order valence-corrected chi connectivity index (χ0v) is 17.1. The molecule has 1 aliphatic rings. The van der Waals surface area contributed by atoms with Crippen LogP contribution in [0.4, 0.5) is 10.6 Å². The second-order valence-corrected chi connectivity index (χ2v) is 6.90. The minimum atomic E-state index is -0.372.